The summed E-state index contributed by atoms with van der Waals surface area (Å²) in [7, 11) is 1.68. The molecule has 1 aliphatic rings. The summed E-state index contributed by atoms with van der Waals surface area (Å²) in [5, 5.41) is 4.40. The van der Waals surface area contributed by atoms with Crippen LogP contribution in [0.5, 0.6) is 5.75 Å². The third-order valence-corrected chi connectivity index (χ3v) is 4.98. The number of hydrogen-bond donors (Lipinski definition) is 0. The van der Waals surface area contributed by atoms with Crippen LogP contribution in [0.4, 0.5) is 0 Å². The van der Waals surface area contributed by atoms with E-state index in [1.807, 2.05) is 36.2 Å². The molecule has 0 aliphatic carbocycles. The van der Waals surface area contributed by atoms with Crippen molar-refractivity contribution in [2.45, 2.75) is 13.5 Å². The van der Waals surface area contributed by atoms with Gasteiger partial charge in [0.25, 0.3) is 5.91 Å². The zero-order valence-corrected chi connectivity index (χ0v) is 15.6. The van der Waals surface area contributed by atoms with E-state index in [0.29, 0.717) is 24.3 Å². The van der Waals surface area contributed by atoms with Gasteiger partial charge in [-0.3, -0.25) is 9.69 Å². The van der Waals surface area contributed by atoms with E-state index in [2.05, 4.69) is 27.1 Å². The monoisotopic (exact) mass is 365 g/mol. The van der Waals surface area contributed by atoms with Crippen LogP contribution in [-0.2, 0) is 6.54 Å². The number of aryl methyl sites for hydroxylation is 1. The van der Waals surface area contributed by atoms with Gasteiger partial charge in [0.05, 0.1) is 12.8 Å². The summed E-state index contributed by atoms with van der Waals surface area (Å²) in [5.41, 5.74) is 3.17. The van der Waals surface area contributed by atoms with Crippen LogP contribution in [-0.4, -0.2) is 63.6 Å². The standard InChI is InChI=1S/C20H23N5O2/c1-15-18(19-21-7-4-8-25(19)22-15)20(26)24-11-9-23(10-12-24)14-16-5-3-6-17(13-16)27-2/h3-8,13H,9-12,14H2,1-2H3. The summed E-state index contributed by atoms with van der Waals surface area (Å²) >= 11 is 0. The van der Waals surface area contributed by atoms with E-state index in [1.165, 1.54) is 5.56 Å². The number of carbonyl (C=O) groups excluding carboxylic acids is 1. The molecule has 27 heavy (non-hydrogen) atoms. The molecule has 7 nitrogen and oxygen atoms in total. The van der Waals surface area contributed by atoms with Gasteiger partial charge in [0, 0.05) is 45.1 Å². The molecule has 0 radical (unpaired) electrons. The normalized spacial score (nSPS) is 15.3. The summed E-state index contributed by atoms with van der Waals surface area (Å²) in [5.74, 6) is 0.889. The zero-order valence-electron chi connectivity index (χ0n) is 15.6. The molecule has 1 fully saturated rings. The fraction of sp³-hybridized carbons (Fsp3) is 0.350. The lowest BCUT2D eigenvalue weighted by Gasteiger charge is -2.34. The maximum Gasteiger partial charge on any atom is 0.259 e. The second-order valence-corrected chi connectivity index (χ2v) is 6.77. The van der Waals surface area contributed by atoms with Crippen LogP contribution in [0.15, 0.2) is 42.7 Å². The summed E-state index contributed by atoms with van der Waals surface area (Å²) in [4.78, 5) is 21.6. The molecular weight excluding hydrogens is 342 g/mol. The smallest absolute Gasteiger partial charge is 0.259 e. The van der Waals surface area contributed by atoms with Crippen LogP contribution in [0, 0.1) is 6.92 Å². The van der Waals surface area contributed by atoms with Gasteiger partial charge in [-0.25, -0.2) is 9.50 Å². The minimum Gasteiger partial charge on any atom is -0.497 e. The lowest BCUT2D eigenvalue weighted by Crippen LogP contribution is -2.48. The third-order valence-electron chi connectivity index (χ3n) is 4.98. The molecule has 2 aromatic heterocycles. The number of nitrogens with zero attached hydrogens (tertiary/aromatic N) is 5. The van der Waals surface area contributed by atoms with Crippen molar-refractivity contribution in [2.75, 3.05) is 33.3 Å². The molecule has 1 aromatic carbocycles. The highest BCUT2D eigenvalue weighted by molar-refractivity contribution is 6.01. The first-order chi connectivity index (χ1) is 13.2. The molecule has 3 heterocycles. The van der Waals surface area contributed by atoms with E-state index in [-0.39, 0.29) is 5.91 Å². The number of aromatic nitrogens is 3. The van der Waals surface area contributed by atoms with Gasteiger partial charge in [-0.05, 0) is 30.7 Å². The van der Waals surface area contributed by atoms with Gasteiger partial charge >= 0.3 is 0 Å². The fourth-order valence-corrected chi connectivity index (χ4v) is 3.54. The molecule has 7 heteroatoms. The highest BCUT2D eigenvalue weighted by Gasteiger charge is 2.26. The van der Waals surface area contributed by atoms with Crippen LogP contribution in [0.1, 0.15) is 21.6 Å². The Hall–Kier alpha value is -2.93. The topological polar surface area (TPSA) is 63.0 Å². The first-order valence-electron chi connectivity index (χ1n) is 9.10. The molecule has 0 unspecified atom stereocenters. The van der Waals surface area contributed by atoms with Crippen molar-refractivity contribution in [2.24, 2.45) is 0 Å². The molecule has 0 N–H and O–H groups in total. The number of piperazine rings is 1. The van der Waals surface area contributed by atoms with E-state index in [1.54, 1.807) is 17.8 Å². The number of carbonyl (C=O) groups is 1. The number of benzene rings is 1. The highest BCUT2D eigenvalue weighted by atomic mass is 16.5. The van der Waals surface area contributed by atoms with Crippen LogP contribution in [0.3, 0.4) is 0 Å². The van der Waals surface area contributed by atoms with Gasteiger partial charge in [-0.1, -0.05) is 12.1 Å². The minimum atomic E-state index is 0.0160. The lowest BCUT2D eigenvalue weighted by atomic mass is 10.1. The molecule has 0 saturated carbocycles. The number of ether oxygens (including phenoxy) is 1. The van der Waals surface area contributed by atoms with Crippen molar-refractivity contribution in [3.8, 4) is 5.75 Å². The highest BCUT2D eigenvalue weighted by Crippen LogP contribution is 2.18. The molecule has 0 spiro atoms. The largest absolute Gasteiger partial charge is 0.497 e. The quantitative estimate of drug-likeness (QED) is 0.708. The summed E-state index contributed by atoms with van der Waals surface area (Å²) in [6, 6.07) is 9.94. The molecule has 140 valence electrons. The Bertz CT molecular complexity index is 960. The molecule has 1 saturated heterocycles. The van der Waals surface area contributed by atoms with Gasteiger partial charge in [-0.15, -0.1) is 0 Å². The van der Waals surface area contributed by atoms with E-state index < -0.39 is 0 Å². The predicted molar refractivity (Wildman–Crippen MR) is 102 cm³/mol. The van der Waals surface area contributed by atoms with Crippen LogP contribution in [0.25, 0.3) is 5.65 Å². The predicted octanol–water partition coefficient (Wildman–Crippen LogP) is 2.00. The van der Waals surface area contributed by atoms with Crippen LogP contribution < -0.4 is 4.74 Å². The first-order valence-corrected chi connectivity index (χ1v) is 9.10. The molecule has 3 aromatic rings. The second kappa shape index (κ2) is 7.36. The van der Waals surface area contributed by atoms with E-state index in [0.717, 1.165) is 31.1 Å². The minimum absolute atomic E-state index is 0.0160. The van der Waals surface area contributed by atoms with Crippen molar-refractivity contribution in [1.29, 1.82) is 0 Å². The Morgan fingerprint density at radius 3 is 2.78 bits per heavy atom. The first kappa shape index (κ1) is 17.5. The zero-order chi connectivity index (χ0) is 18.8. The van der Waals surface area contributed by atoms with E-state index in [4.69, 9.17) is 4.74 Å². The summed E-state index contributed by atoms with van der Waals surface area (Å²) in [6.45, 7) is 5.81. The fourth-order valence-electron chi connectivity index (χ4n) is 3.54. The Labute approximate surface area is 158 Å². The number of hydrogen-bond acceptors (Lipinski definition) is 5. The van der Waals surface area contributed by atoms with Crippen LogP contribution in [0.2, 0.25) is 0 Å². The Morgan fingerprint density at radius 1 is 1.19 bits per heavy atom. The molecule has 1 amide bonds. The summed E-state index contributed by atoms with van der Waals surface area (Å²) < 4.78 is 6.96. The van der Waals surface area contributed by atoms with Crippen molar-refractivity contribution < 1.29 is 9.53 Å². The lowest BCUT2D eigenvalue weighted by molar-refractivity contribution is 0.0629. The maximum atomic E-state index is 13.0. The number of rotatable bonds is 4. The van der Waals surface area contributed by atoms with Gasteiger partial charge < -0.3 is 9.64 Å². The molecular formula is C20H23N5O2. The van der Waals surface area contributed by atoms with E-state index in [9.17, 15) is 4.79 Å². The van der Waals surface area contributed by atoms with Crippen molar-refractivity contribution >= 4 is 11.6 Å². The summed E-state index contributed by atoms with van der Waals surface area (Å²) in [6.07, 6.45) is 3.51. The number of fused-ring (bicyclic) bond motifs is 1. The third kappa shape index (κ3) is 3.50. The van der Waals surface area contributed by atoms with Crippen molar-refractivity contribution in [3.05, 3.63) is 59.5 Å². The maximum absolute atomic E-state index is 13.0. The van der Waals surface area contributed by atoms with Crippen molar-refractivity contribution in [1.82, 2.24) is 24.4 Å². The molecule has 4 rings (SSSR count). The van der Waals surface area contributed by atoms with Gasteiger partial charge in [0.2, 0.25) is 0 Å². The average Bonchev–Trinajstić information content (AvgIpc) is 3.04. The van der Waals surface area contributed by atoms with Crippen LogP contribution >= 0.6 is 0 Å². The number of amides is 1. The van der Waals surface area contributed by atoms with Gasteiger partial charge in [0.15, 0.2) is 5.65 Å². The molecule has 0 atom stereocenters. The average molecular weight is 365 g/mol. The van der Waals surface area contributed by atoms with Gasteiger partial charge in [0.1, 0.15) is 11.3 Å². The Balaban J connectivity index is 1.42. The van der Waals surface area contributed by atoms with Crippen molar-refractivity contribution in [3.63, 3.8) is 0 Å². The Kier molecular flexibility index (Phi) is 4.77. The molecule has 1 aliphatic heterocycles. The number of methoxy groups -OCH3 is 1. The molecule has 0 bridgehead atoms. The SMILES string of the molecule is COc1cccc(CN2CCN(C(=O)c3c(C)nn4cccnc34)CC2)c1. The van der Waals surface area contributed by atoms with E-state index >= 15 is 0 Å². The second-order valence-electron chi connectivity index (χ2n) is 6.77. The Morgan fingerprint density at radius 2 is 2.00 bits per heavy atom. The van der Waals surface area contributed by atoms with Gasteiger partial charge in [-0.2, -0.15) is 5.10 Å².